The Balaban J connectivity index is 2.01. The molecule has 0 aromatic heterocycles. The van der Waals surface area contributed by atoms with E-state index in [4.69, 9.17) is 0 Å². The monoisotopic (exact) mass is 262 g/mol. The Morgan fingerprint density at radius 2 is 1.67 bits per heavy atom. The van der Waals surface area contributed by atoms with Crippen molar-refractivity contribution in [3.8, 4) is 0 Å². The van der Waals surface area contributed by atoms with E-state index in [1.807, 2.05) is 36.4 Å². The first kappa shape index (κ1) is 13.0. The van der Waals surface area contributed by atoms with Crippen LogP contribution in [0.4, 0.5) is 4.39 Å². The molecule has 0 heterocycles. The fraction of sp³-hybridized carbons (Fsp3) is 0.200. The van der Waals surface area contributed by atoms with Gasteiger partial charge >= 0.3 is 0 Å². The average molecular weight is 262 g/mol. The quantitative estimate of drug-likeness (QED) is 0.823. The van der Waals surface area contributed by atoms with Crippen molar-refractivity contribution in [3.05, 3.63) is 71.0 Å². The van der Waals surface area contributed by atoms with E-state index in [1.165, 1.54) is 6.07 Å². The molecule has 0 spiro atoms. The number of rotatable bonds is 4. The zero-order chi connectivity index (χ0) is 13.0. The summed E-state index contributed by atoms with van der Waals surface area (Å²) in [5.41, 5.74) is 2.45. The fourth-order valence-corrected chi connectivity index (χ4v) is 2.94. The van der Waals surface area contributed by atoms with E-state index in [1.54, 1.807) is 13.0 Å². The largest absolute Gasteiger partial charge is 0.259 e. The molecule has 94 valence electrons. The van der Waals surface area contributed by atoms with Gasteiger partial charge < -0.3 is 0 Å². The van der Waals surface area contributed by atoms with Crippen molar-refractivity contribution in [1.82, 2.24) is 0 Å². The Labute approximate surface area is 109 Å². The number of hydrogen-bond acceptors (Lipinski definition) is 1. The smallest absolute Gasteiger partial charge is 0.126 e. The highest BCUT2D eigenvalue weighted by atomic mass is 32.2. The van der Waals surface area contributed by atoms with Gasteiger partial charge in [0.15, 0.2) is 0 Å². The molecule has 2 rings (SSSR count). The summed E-state index contributed by atoms with van der Waals surface area (Å²) >= 11 is 0. The predicted octanol–water partition coefficient (Wildman–Crippen LogP) is 3.58. The van der Waals surface area contributed by atoms with Gasteiger partial charge in [0.25, 0.3) is 0 Å². The first-order valence-electron chi connectivity index (χ1n) is 5.79. The lowest BCUT2D eigenvalue weighted by Gasteiger charge is -2.04. The van der Waals surface area contributed by atoms with Crippen LogP contribution in [0.2, 0.25) is 0 Å². The summed E-state index contributed by atoms with van der Waals surface area (Å²) in [5, 5.41) is 0. The van der Waals surface area contributed by atoms with Crippen LogP contribution in [-0.2, 0) is 22.3 Å². The minimum absolute atomic E-state index is 0.232. The minimum atomic E-state index is -1.00. The molecule has 2 aromatic carbocycles. The van der Waals surface area contributed by atoms with Crippen LogP contribution in [-0.4, -0.2) is 4.21 Å². The Kier molecular flexibility index (Phi) is 4.26. The molecule has 1 unspecified atom stereocenters. The van der Waals surface area contributed by atoms with Crippen molar-refractivity contribution >= 4 is 10.8 Å². The Hall–Kier alpha value is -1.48. The highest BCUT2D eigenvalue weighted by Gasteiger charge is 2.05. The molecule has 0 aliphatic heterocycles. The third-order valence-electron chi connectivity index (χ3n) is 2.73. The van der Waals surface area contributed by atoms with Crippen molar-refractivity contribution in [1.29, 1.82) is 0 Å². The third kappa shape index (κ3) is 3.50. The minimum Gasteiger partial charge on any atom is -0.259 e. The first-order chi connectivity index (χ1) is 8.65. The molecule has 0 aliphatic carbocycles. The van der Waals surface area contributed by atoms with Crippen LogP contribution in [0.25, 0.3) is 0 Å². The molecule has 1 nitrogen and oxygen atoms in total. The molecule has 0 amide bonds. The van der Waals surface area contributed by atoms with Crippen LogP contribution in [0.3, 0.4) is 0 Å². The molecule has 0 fully saturated rings. The molecular weight excluding hydrogens is 247 g/mol. The van der Waals surface area contributed by atoms with Gasteiger partial charge in [0, 0.05) is 22.3 Å². The van der Waals surface area contributed by atoms with E-state index >= 15 is 0 Å². The van der Waals surface area contributed by atoms with Crippen molar-refractivity contribution in [2.75, 3.05) is 0 Å². The standard InChI is InChI=1S/C15H15FOS/c1-12-7-8-14(9-15(12)16)11-18(17)10-13-5-3-2-4-6-13/h2-9H,10-11H2,1H3. The van der Waals surface area contributed by atoms with Crippen LogP contribution >= 0.6 is 0 Å². The van der Waals surface area contributed by atoms with Gasteiger partial charge in [0.2, 0.25) is 0 Å². The second-order valence-electron chi connectivity index (χ2n) is 4.30. The molecule has 0 saturated heterocycles. The molecule has 2 aromatic rings. The molecule has 3 heteroatoms. The van der Waals surface area contributed by atoms with Crippen LogP contribution in [0.1, 0.15) is 16.7 Å². The van der Waals surface area contributed by atoms with Crippen molar-refractivity contribution in [2.24, 2.45) is 0 Å². The first-order valence-corrected chi connectivity index (χ1v) is 7.28. The van der Waals surface area contributed by atoms with E-state index in [0.29, 0.717) is 17.1 Å². The van der Waals surface area contributed by atoms with Gasteiger partial charge in [-0.15, -0.1) is 0 Å². The van der Waals surface area contributed by atoms with Gasteiger partial charge in [0.1, 0.15) is 5.82 Å². The maximum Gasteiger partial charge on any atom is 0.126 e. The van der Waals surface area contributed by atoms with Gasteiger partial charge in [-0.2, -0.15) is 0 Å². The summed E-state index contributed by atoms with van der Waals surface area (Å²) < 4.78 is 25.3. The number of benzene rings is 2. The van der Waals surface area contributed by atoms with E-state index in [-0.39, 0.29) is 5.82 Å². The Bertz CT molecular complexity index is 552. The van der Waals surface area contributed by atoms with E-state index in [2.05, 4.69) is 0 Å². The van der Waals surface area contributed by atoms with Crippen molar-refractivity contribution in [2.45, 2.75) is 18.4 Å². The van der Waals surface area contributed by atoms with Crippen molar-refractivity contribution < 1.29 is 8.60 Å². The third-order valence-corrected chi connectivity index (χ3v) is 4.04. The summed E-state index contributed by atoms with van der Waals surface area (Å²) in [4.78, 5) is 0. The predicted molar refractivity (Wildman–Crippen MR) is 73.1 cm³/mol. The molecule has 0 aliphatic rings. The SMILES string of the molecule is Cc1ccc(CS(=O)Cc2ccccc2)cc1F. The van der Waals surface area contributed by atoms with E-state index in [9.17, 15) is 8.60 Å². The average Bonchev–Trinajstić information content (AvgIpc) is 2.35. The zero-order valence-electron chi connectivity index (χ0n) is 10.2. The normalized spacial score (nSPS) is 12.3. The zero-order valence-corrected chi connectivity index (χ0v) is 11.0. The van der Waals surface area contributed by atoms with Gasteiger partial charge in [0.05, 0.1) is 0 Å². The Morgan fingerprint density at radius 3 is 2.33 bits per heavy atom. The summed E-state index contributed by atoms with van der Waals surface area (Å²) in [6.45, 7) is 1.72. The number of hydrogen-bond donors (Lipinski definition) is 0. The fourth-order valence-electron chi connectivity index (χ4n) is 1.72. The topological polar surface area (TPSA) is 17.1 Å². The lowest BCUT2D eigenvalue weighted by Crippen LogP contribution is -2.00. The van der Waals surface area contributed by atoms with Crippen LogP contribution in [0.5, 0.6) is 0 Å². The summed E-state index contributed by atoms with van der Waals surface area (Å²) in [6.07, 6.45) is 0. The molecule has 0 bridgehead atoms. The second kappa shape index (κ2) is 5.91. The molecule has 1 atom stereocenters. The van der Waals surface area contributed by atoms with Crippen LogP contribution in [0, 0.1) is 12.7 Å². The summed E-state index contributed by atoms with van der Waals surface area (Å²) in [6, 6.07) is 14.7. The molecule has 0 saturated carbocycles. The molecular formula is C15H15FOS. The van der Waals surface area contributed by atoms with Crippen LogP contribution < -0.4 is 0 Å². The molecule has 0 N–H and O–H groups in total. The maximum absolute atomic E-state index is 13.4. The van der Waals surface area contributed by atoms with Gasteiger partial charge in [-0.25, -0.2) is 4.39 Å². The summed E-state index contributed by atoms with van der Waals surface area (Å²) in [7, 11) is -1.00. The summed E-state index contributed by atoms with van der Waals surface area (Å²) in [5.74, 6) is 0.673. The van der Waals surface area contributed by atoms with Gasteiger partial charge in [-0.05, 0) is 29.7 Å². The van der Waals surface area contributed by atoms with E-state index < -0.39 is 10.8 Å². The molecule has 18 heavy (non-hydrogen) atoms. The highest BCUT2D eigenvalue weighted by Crippen LogP contribution is 2.13. The lowest BCUT2D eigenvalue weighted by molar-refractivity contribution is 0.617. The van der Waals surface area contributed by atoms with Gasteiger partial charge in [-0.1, -0.05) is 42.5 Å². The Morgan fingerprint density at radius 1 is 1.00 bits per heavy atom. The maximum atomic E-state index is 13.4. The van der Waals surface area contributed by atoms with Crippen LogP contribution in [0.15, 0.2) is 48.5 Å². The van der Waals surface area contributed by atoms with Gasteiger partial charge in [-0.3, -0.25) is 4.21 Å². The number of aryl methyl sites for hydroxylation is 1. The lowest BCUT2D eigenvalue weighted by atomic mass is 10.2. The molecule has 0 radical (unpaired) electrons. The number of halogens is 1. The highest BCUT2D eigenvalue weighted by molar-refractivity contribution is 7.83. The van der Waals surface area contributed by atoms with E-state index in [0.717, 1.165) is 11.1 Å². The van der Waals surface area contributed by atoms with Crippen molar-refractivity contribution in [3.63, 3.8) is 0 Å². The second-order valence-corrected chi connectivity index (χ2v) is 5.75.